The van der Waals surface area contributed by atoms with Gasteiger partial charge in [-0.05, 0) is 43.9 Å². The van der Waals surface area contributed by atoms with Gasteiger partial charge in [0, 0.05) is 18.5 Å². The summed E-state index contributed by atoms with van der Waals surface area (Å²) < 4.78 is 5.14. The monoisotopic (exact) mass is 326 g/mol. The smallest absolute Gasteiger partial charge is 0.407 e. The fraction of sp³-hybridized carbons (Fsp3) is 0.889. The van der Waals surface area contributed by atoms with Crippen molar-refractivity contribution in [1.29, 1.82) is 0 Å². The Morgan fingerprint density at radius 2 is 1.74 bits per heavy atom. The second kappa shape index (κ2) is 7.54. The summed E-state index contributed by atoms with van der Waals surface area (Å²) in [7, 11) is 0. The van der Waals surface area contributed by atoms with E-state index in [1.807, 2.05) is 27.7 Å². The highest BCUT2D eigenvalue weighted by Crippen LogP contribution is 2.45. The van der Waals surface area contributed by atoms with E-state index in [1.54, 1.807) is 0 Å². The second-order valence-electron chi connectivity index (χ2n) is 8.73. The molecule has 0 aromatic carbocycles. The van der Waals surface area contributed by atoms with E-state index in [0.29, 0.717) is 6.54 Å². The van der Waals surface area contributed by atoms with Gasteiger partial charge in [-0.25, -0.2) is 4.79 Å². The van der Waals surface area contributed by atoms with Crippen molar-refractivity contribution in [3.05, 3.63) is 0 Å². The maximum Gasteiger partial charge on any atom is 0.407 e. The molecule has 2 atom stereocenters. The third-order valence-corrected chi connectivity index (χ3v) is 4.32. The van der Waals surface area contributed by atoms with Gasteiger partial charge in [0.25, 0.3) is 0 Å². The maximum absolute atomic E-state index is 12.0. The quantitative estimate of drug-likeness (QED) is 0.813. The van der Waals surface area contributed by atoms with Crippen LogP contribution in [0, 0.1) is 16.7 Å². The van der Waals surface area contributed by atoms with Crippen LogP contribution >= 0.6 is 0 Å². The fourth-order valence-electron chi connectivity index (χ4n) is 3.78. The van der Waals surface area contributed by atoms with Crippen LogP contribution in [0.2, 0.25) is 0 Å². The van der Waals surface area contributed by atoms with Crippen molar-refractivity contribution in [2.75, 3.05) is 6.54 Å². The van der Waals surface area contributed by atoms with Crippen molar-refractivity contribution < 1.29 is 14.3 Å². The molecule has 0 heterocycles. The summed E-state index contributed by atoms with van der Waals surface area (Å²) in [6.07, 6.45) is 2.36. The van der Waals surface area contributed by atoms with Gasteiger partial charge >= 0.3 is 6.09 Å². The van der Waals surface area contributed by atoms with Crippen LogP contribution in [0.1, 0.15) is 67.7 Å². The normalized spacial score (nSPS) is 26.9. The Morgan fingerprint density at radius 3 is 2.26 bits per heavy atom. The topological polar surface area (TPSA) is 67.4 Å². The second-order valence-corrected chi connectivity index (χ2v) is 8.73. The van der Waals surface area contributed by atoms with Gasteiger partial charge in [-0.1, -0.05) is 34.6 Å². The van der Waals surface area contributed by atoms with Crippen LogP contribution in [-0.4, -0.2) is 30.7 Å². The van der Waals surface area contributed by atoms with Crippen LogP contribution in [0.25, 0.3) is 0 Å². The molecule has 0 saturated heterocycles. The molecule has 23 heavy (non-hydrogen) atoms. The average Bonchev–Trinajstić information content (AvgIpc) is 2.33. The first-order valence-corrected chi connectivity index (χ1v) is 8.67. The number of hydrogen-bond acceptors (Lipinski definition) is 3. The molecule has 0 spiro atoms. The number of alkyl carbamates (subject to hydrolysis) is 1. The lowest BCUT2D eigenvalue weighted by Gasteiger charge is -2.47. The molecule has 0 bridgehead atoms. The van der Waals surface area contributed by atoms with Gasteiger partial charge in [-0.2, -0.15) is 0 Å². The third kappa shape index (κ3) is 6.80. The largest absolute Gasteiger partial charge is 0.447 e. The standard InChI is InChI=1S/C18H34N2O3/c1-12(2)15(21)20-14-8-17(5,6)10-18(7,9-14)11-19-16(22)23-13(3)4/h12-14H,8-11H2,1-7H3,(H,19,22)(H,20,21). The molecule has 1 aliphatic carbocycles. The number of rotatable bonds is 5. The van der Waals surface area contributed by atoms with Crippen molar-refractivity contribution in [2.24, 2.45) is 16.7 Å². The number of amides is 2. The zero-order chi connectivity index (χ0) is 17.8. The van der Waals surface area contributed by atoms with E-state index in [4.69, 9.17) is 4.74 Å². The molecule has 1 fully saturated rings. The first kappa shape index (κ1) is 19.8. The summed E-state index contributed by atoms with van der Waals surface area (Å²) in [5.74, 6) is 0.0904. The molecule has 2 N–H and O–H groups in total. The minimum atomic E-state index is -0.368. The maximum atomic E-state index is 12.0. The Balaban J connectivity index is 2.68. The summed E-state index contributed by atoms with van der Waals surface area (Å²) in [6.45, 7) is 14.7. The van der Waals surface area contributed by atoms with Crippen LogP contribution in [0.15, 0.2) is 0 Å². The molecule has 5 heteroatoms. The molecule has 1 rings (SSSR count). The van der Waals surface area contributed by atoms with E-state index in [2.05, 4.69) is 31.4 Å². The van der Waals surface area contributed by atoms with E-state index in [1.165, 1.54) is 0 Å². The molecule has 1 saturated carbocycles. The Hall–Kier alpha value is -1.26. The zero-order valence-electron chi connectivity index (χ0n) is 15.8. The zero-order valence-corrected chi connectivity index (χ0v) is 15.8. The molecule has 1 aliphatic rings. The molecular weight excluding hydrogens is 292 g/mol. The van der Waals surface area contributed by atoms with Crippen LogP contribution in [0.5, 0.6) is 0 Å². The molecule has 2 unspecified atom stereocenters. The van der Waals surface area contributed by atoms with Gasteiger partial charge in [0.05, 0.1) is 6.10 Å². The van der Waals surface area contributed by atoms with Gasteiger partial charge in [0.1, 0.15) is 0 Å². The number of hydrogen-bond donors (Lipinski definition) is 2. The Bertz CT molecular complexity index is 432. The number of nitrogens with one attached hydrogen (secondary N) is 2. The van der Waals surface area contributed by atoms with E-state index in [0.717, 1.165) is 19.3 Å². The van der Waals surface area contributed by atoms with Gasteiger partial charge in [-0.15, -0.1) is 0 Å². The lowest BCUT2D eigenvalue weighted by Crippen LogP contribution is -2.51. The number of ether oxygens (including phenoxy) is 1. The lowest BCUT2D eigenvalue weighted by molar-refractivity contribution is -0.125. The molecule has 0 radical (unpaired) electrons. The molecule has 0 aliphatic heterocycles. The Labute approximate surface area is 140 Å². The van der Waals surface area contributed by atoms with Crippen molar-refractivity contribution >= 4 is 12.0 Å². The van der Waals surface area contributed by atoms with Gasteiger partial charge in [-0.3, -0.25) is 4.79 Å². The van der Waals surface area contributed by atoms with Crippen molar-refractivity contribution in [3.63, 3.8) is 0 Å². The van der Waals surface area contributed by atoms with E-state index in [-0.39, 0.29) is 40.9 Å². The predicted molar refractivity (Wildman–Crippen MR) is 92.1 cm³/mol. The predicted octanol–water partition coefficient (Wildman–Crippen LogP) is 3.48. The summed E-state index contributed by atoms with van der Waals surface area (Å²) in [5, 5.41) is 6.05. The first-order valence-electron chi connectivity index (χ1n) is 8.67. The van der Waals surface area contributed by atoms with Crippen LogP contribution < -0.4 is 10.6 Å². The minimum absolute atomic E-state index is 0.00885. The highest BCUT2D eigenvalue weighted by atomic mass is 16.6. The van der Waals surface area contributed by atoms with E-state index in [9.17, 15) is 9.59 Å². The van der Waals surface area contributed by atoms with Crippen LogP contribution in [0.4, 0.5) is 4.79 Å². The Kier molecular flexibility index (Phi) is 6.49. The molecular formula is C18H34N2O3. The van der Waals surface area contributed by atoms with Gasteiger partial charge in [0.15, 0.2) is 0 Å². The summed E-state index contributed by atoms with van der Waals surface area (Å²) in [5.41, 5.74) is 0.0816. The molecule has 0 aromatic rings. The third-order valence-electron chi connectivity index (χ3n) is 4.32. The van der Waals surface area contributed by atoms with E-state index >= 15 is 0 Å². The average molecular weight is 326 g/mol. The highest BCUT2D eigenvalue weighted by molar-refractivity contribution is 5.78. The van der Waals surface area contributed by atoms with Gasteiger partial charge < -0.3 is 15.4 Å². The summed E-state index contributed by atoms with van der Waals surface area (Å²) in [4.78, 5) is 23.8. The molecule has 5 nitrogen and oxygen atoms in total. The lowest BCUT2D eigenvalue weighted by atomic mass is 9.62. The molecule has 134 valence electrons. The van der Waals surface area contributed by atoms with Crippen molar-refractivity contribution in [2.45, 2.75) is 79.9 Å². The minimum Gasteiger partial charge on any atom is -0.447 e. The van der Waals surface area contributed by atoms with E-state index < -0.39 is 0 Å². The fourth-order valence-corrected chi connectivity index (χ4v) is 3.78. The SMILES string of the molecule is CC(C)OC(=O)NCC1(C)CC(NC(=O)C(C)C)CC(C)(C)C1. The van der Waals surface area contributed by atoms with Gasteiger partial charge in [0.2, 0.25) is 5.91 Å². The summed E-state index contributed by atoms with van der Waals surface area (Å²) >= 11 is 0. The number of carbonyl (C=O) groups excluding carboxylic acids is 2. The van der Waals surface area contributed by atoms with Crippen molar-refractivity contribution in [1.82, 2.24) is 10.6 Å². The van der Waals surface area contributed by atoms with Crippen molar-refractivity contribution in [3.8, 4) is 0 Å². The van der Waals surface area contributed by atoms with Crippen LogP contribution in [0.3, 0.4) is 0 Å². The Morgan fingerprint density at radius 1 is 1.13 bits per heavy atom. The molecule has 0 aromatic heterocycles. The first-order chi connectivity index (χ1) is 10.4. The summed E-state index contributed by atoms with van der Waals surface area (Å²) in [6, 6.07) is 0.154. The number of carbonyl (C=O) groups is 2. The highest BCUT2D eigenvalue weighted by Gasteiger charge is 2.42. The van der Waals surface area contributed by atoms with Crippen LogP contribution in [-0.2, 0) is 9.53 Å². The molecule has 2 amide bonds.